The van der Waals surface area contributed by atoms with Gasteiger partial charge in [-0.1, -0.05) is 42.5 Å². The van der Waals surface area contributed by atoms with E-state index in [9.17, 15) is 15.3 Å². The summed E-state index contributed by atoms with van der Waals surface area (Å²) in [4.78, 5) is 2.08. The lowest BCUT2D eigenvalue weighted by atomic mass is 9.97. The van der Waals surface area contributed by atoms with E-state index in [0.717, 1.165) is 48.2 Å². The molecule has 1 aliphatic rings. The maximum absolute atomic E-state index is 9.85. The number of aliphatic hydroxyl groups excluding tert-OH is 3. The van der Waals surface area contributed by atoms with Crippen LogP contribution in [0, 0.1) is 0 Å². The molecule has 0 bridgehead atoms. The van der Waals surface area contributed by atoms with Crippen molar-refractivity contribution >= 4 is 0 Å². The molecule has 2 aromatic rings. The van der Waals surface area contributed by atoms with Crippen LogP contribution in [-0.4, -0.2) is 71.9 Å². The SMILES string of the molecule is COc1ccccc1-c1ccc(COCCCCCN2C[C@H](O)C(O)C[C@@H]2CO)cc1. The number of likely N-dealkylation sites (tertiary alicyclic amines) is 1. The van der Waals surface area contributed by atoms with Crippen LogP contribution in [0.25, 0.3) is 11.1 Å². The lowest BCUT2D eigenvalue weighted by molar-refractivity contribution is -0.0711. The highest BCUT2D eigenvalue weighted by Crippen LogP contribution is 2.29. The smallest absolute Gasteiger partial charge is 0.126 e. The predicted molar refractivity (Wildman–Crippen MR) is 121 cm³/mol. The Kier molecular flexibility index (Phi) is 9.31. The number of hydrogen-bond donors (Lipinski definition) is 3. The van der Waals surface area contributed by atoms with Crippen LogP contribution in [-0.2, 0) is 11.3 Å². The Bertz CT molecular complexity index is 782. The first-order chi connectivity index (χ1) is 15.1. The van der Waals surface area contributed by atoms with Crippen LogP contribution in [0.3, 0.4) is 0 Å². The van der Waals surface area contributed by atoms with Gasteiger partial charge in [-0.15, -0.1) is 0 Å². The van der Waals surface area contributed by atoms with Gasteiger partial charge in [-0.05, 0) is 49.4 Å². The highest BCUT2D eigenvalue weighted by atomic mass is 16.5. The first-order valence-corrected chi connectivity index (χ1v) is 11.1. The first-order valence-electron chi connectivity index (χ1n) is 11.1. The molecule has 1 saturated heterocycles. The third kappa shape index (κ3) is 6.76. The fraction of sp³-hybridized carbons (Fsp3) is 0.520. The number of aliphatic hydroxyl groups is 3. The molecular weight excluding hydrogens is 394 g/mol. The molecule has 3 N–H and O–H groups in total. The van der Waals surface area contributed by atoms with E-state index >= 15 is 0 Å². The van der Waals surface area contributed by atoms with E-state index in [1.165, 1.54) is 0 Å². The Labute approximate surface area is 185 Å². The summed E-state index contributed by atoms with van der Waals surface area (Å²) >= 11 is 0. The van der Waals surface area contributed by atoms with E-state index in [1.807, 2.05) is 18.2 Å². The molecule has 1 aliphatic heterocycles. The summed E-state index contributed by atoms with van der Waals surface area (Å²) < 4.78 is 11.3. The zero-order valence-electron chi connectivity index (χ0n) is 18.3. The van der Waals surface area contributed by atoms with Gasteiger partial charge in [-0.3, -0.25) is 4.90 Å². The summed E-state index contributed by atoms with van der Waals surface area (Å²) in [6.07, 6.45) is 1.96. The Morgan fingerprint density at radius 3 is 2.48 bits per heavy atom. The molecule has 0 radical (unpaired) electrons. The second-order valence-corrected chi connectivity index (χ2v) is 8.21. The van der Waals surface area contributed by atoms with Crippen LogP contribution in [0.4, 0.5) is 0 Å². The number of hydrogen-bond acceptors (Lipinski definition) is 6. The van der Waals surface area contributed by atoms with Gasteiger partial charge in [-0.25, -0.2) is 0 Å². The Balaban J connectivity index is 1.33. The number of benzene rings is 2. The van der Waals surface area contributed by atoms with Crippen LogP contribution in [0.15, 0.2) is 48.5 Å². The van der Waals surface area contributed by atoms with Crippen LogP contribution < -0.4 is 4.74 Å². The Morgan fingerprint density at radius 2 is 1.74 bits per heavy atom. The van der Waals surface area contributed by atoms with Gasteiger partial charge in [0.15, 0.2) is 0 Å². The Hall–Kier alpha value is -1.96. The minimum atomic E-state index is -0.731. The molecule has 0 aromatic heterocycles. The second-order valence-electron chi connectivity index (χ2n) is 8.21. The van der Waals surface area contributed by atoms with E-state index in [2.05, 4.69) is 35.2 Å². The molecule has 3 atom stereocenters. The number of rotatable bonds is 11. The van der Waals surface area contributed by atoms with E-state index in [-0.39, 0.29) is 12.6 Å². The molecule has 1 heterocycles. The number of β-amino-alcohol motifs (C(OH)–C–C–N with tert-alkyl or cyclic N) is 1. The van der Waals surface area contributed by atoms with Crippen molar-refractivity contribution < 1.29 is 24.8 Å². The van der Waals surface area contributed by atoms with E-state index in [0.29, 0.717) is 26.2 Å². The molecule has 31 heavy (non-hydrogen) atoms. The number of ether oxygens (including phenoxy) is 2. The highest BCUT2D eigenvalue weighted by Gasteiger charge is 2.32. The largest absolute Gasteiger partial charge is 0.496 e. The fourth-order valence-electron chi connectivity index (χ4n) is 4.11. The molecule has 170 valence electrons. The van der Waals surface area contributed by atoms with Gasteiger partial charge < -0.3 is 24.8 Å². The van der Waals surface area contributed by atoms with Crippen molar-refractivity contribution in [3.63, 3.8) is 0 Å². The molecule has 0 spiro atoms. The summed E-state index contributed by atoms with van der Waals surface area (Å²) in [7, 11) is 1.69. The molecule has 0 saturated carbocycles. The third-order valence-electron chi connectivity index (χ3n) is 5.98. The van der Waals surface area contributed by atoms with E-state index < -0.39 is 12.2 Å². The molecule has 2 aromatic carbocycles. The summed E-state index contributed by atoms with van der Waals surface area (Å²) in [5, 5.41) is 29.1. The molecule has 6 nitrogen and oxygen atoms in total. The van der Waals surface area contributed by atoms with Crippen molar-refractivity contribution in [3.8, 4) is 16.9 Å². The molecule has 1 fully saturated rings. The van der Waals surface area contributed by atoms with Crippen molar-refractivity contribution in [2.24, 2.45) is 0 Å². The zero-order chi connectivity index (χ0) is 22.1. The molecule has 0 aliphatic carbocycles. The Morgan fingerprint density at radius 1 is 0.968 bits per heavy atom. The normalized spacial score (nSPS) is 21.9. The van der Waals surface area contributed by atoms with E-state index in [4.69, 9.17) is 9.47 Å². The van der Waals surface area contributed by atoms with Crippen LogP contribution in [0.1, 0.15) is 31.2 Å². The first kappa shape index (κ1) is 23.7. The fourth-order valence-corrected chi connectivity index (χ4v) is 4.11. The second kappa shape index (κ2) is 12.2. The summed E-state index contributed by atoms with van der Waals surface area (Å²) in [5.74, 6) is 0.868. The van der Waals surface area contributed by atoms with Gasteiger partial charge in [0.25, 0.3) is 0 Å². The maximum Gasteiger partial charge on any atom is 0.126 e. The minimum Gasteiger partial charge on any atom is -0.496 e. The van der Waals surface area contributed by atoms with E-state index in [1.54, 1.807) is 7.11 Å². The predicted octanol–water partition coefficient (Wildman–Crippen LogP) is 2.84. The zero-order valence-corrected chi connectivity index (χ0v) is 18.3. The topological polar surface area (TPSA) is 82.4 Å². The number of para-hydroxylation sites is 1. The monoisotopic (exact) mass is 429 g/mol. The van der Waals surface area contributed by atoms with Gasteiger partial charge in [0.2, 0.25) is 0 Å². The van der Waals surface area contributed by atoms with Crippen molar-refractivity contribution in [1.82, 2.24) is 4.90 Å². The van der Waals surface area contributed by atoms with Gasteiger partial charge >= 0.3 is 0 Å². The number of nitrogens with zero attached hydrogens (tertiary/aromatic N) is 1. The lowest BCUT2D eigenvalue weighted by Gasteiger charge is -2.39. The molecule has 0 amide bonds. The maximum atomic E-state index is 9.85. The molecule has 1 unspecified atom stereocenters. The quantitative estimate of drug-likeness (QED) is 0.477. The minimum absolute atomic E-state index is 0.0166. The van der Waals surface area contributed by atoms with Gasteiger partial charge in [0.05, 0.1) is 32.5 Å². The van der Waals surface area contributed by atoms with Crippen LogP contribution in [0.2, 0.25) is 0 Å². The van der Waals surface area contributed by atoms with Gasteiger partial charge in [-0.2, -0.15) is 0 Å². The van der Waals surface area contributed by atoms with Crippen molar-refractivity contribution in [3.05, 3.63) is 54.1 Å². The molecule has 6 heteroatoms. The standard InChI is InChI=1S/C25H35NO5/c1-30-25-8-4-3-7-22(25)20-11-9-19(10-12-20)18-31-14-6-2-5-13-26-16-24(29)23(28)15-21(26)17-27/h3-4,7-12,21,23-24,27-29H,2,5-6,13-18H2,1H3/t21-,23?,24+/m1/s1. The van der Waals surface area contributed by atoms with Gasteiger partial charge in [0.1, 0.15) is 5.75 Å². The van der Waals surface area contributed by atoms with Gasteiger partial charge in [0, 0.05) is 24.8 Å². The number of piperidine rings is 1. The summed E-state index contributed by atoms with van der Waals surface area (Å²) in [6, 6.07) is 16.3. The van der Waals surface area contributed by atoms with Crippen LogP contribution in [0.5, 0.6) is 5.75 Å². The average molecular weight is 430 g/mol. The van der Waals surface area contributed by atoms with Crippen molar-refractivity contribution in [2.45, 2.75) is 50.5 Å². The lowest BCUT2D eigenvalue weighted by Crippen LogP contribution is -2.53. The molecular formula is C25H35NO5. The summed E-state index contributed by atoms with van der Waals surface area (Å²) in [5.41, 5.74) is 3.35. The summed E-state index contributed by atoms with van der Waals surface area (Å²) in [6.45, 7) is 2.56. The number of unbranched alkanes of at least 4 members (excludes halogenated alkanes) is 2. The molecule has 3 rings (SSSR count). The number of methoxy groups -OCH3 is 1. The van der Waals surface area contributed by atoms with Crippen molar-refractivity contribution in [1.29, 1.82) is 0 Å². The van der Waals surface area contributed by atoms with Crippen molar-refractivity contribution in [2.75, 3.05) is 33.4 Å². The highest BCUT2D eigenvalue weighted by molar-refractivity contribution is 5.70. The third-order valence-corrected chi connectivity index (χ3v) is 5.98. The average Bonchev–Trinajstić information content (AvgIpc) is 2.80. The van der Waals surface area contributed by atoms with Crippen LogP contribution >= 0.6 is 0 Å².